The Morgan fingerprint density at radius 3 is 2.75 bits per heavy atom. The Morgan fingerprint density at radius 2 is 2.10 bits per heavy atom. The molecule has 2 aromatic rings. The van der Waals surface area contributed by atoms with Crippen molar-refractivity contribution in [3.8, 4) is 0 Å². The molecule has 1 amide bonds. The van der Waals surface area contributed by atoms with Crippen LogP contribution in [-0.2, 0) is 24.8 Å². The molecule has 5 heteroatoms. The summed E-state index contributed by atoms with van der Waals surface area (Å²) < 4.78 is 1.65. The predicted octanol–water partition coefficient (Wildman–Crippen LogP) is 1.68. The first kappa shape index (κ1) is 14.3. The van der Waals surface area contributed by atoms with E-state index >= 15 is 0 Å². The van der Waals surface area contributed by atoms with Crippen LogP contribution in [0.3, 0.4) is 0 Å². The smallest absolute Gasteiger partial charge is 0.230 e. The lowest BCUT2D eigenvalue weighted by Gasteiger charge is -2.06. The second kappa shape index (κ2) is 5.88. The quantitative estimate of drug-likeness (QED) is 0.889. The van der Waals surface area contributed by atoms with Gasteiger partial charge in [0.15, 0.2) is 5.82 Å². The van der Waals surface area contributed by atoms with E-state index in [1.807, 2.05) is 31.3 Å². The Kier molecular flexibility index (Phi) is 4.20. The van der Waals surface area contributed by atoms with Crippen LogP contribution in [0.2, 0.25) is 0 Å². The largest absolute Gasteiger partial charge is 0.326 e. The topological polar surface area (TPSA) is 72.9 Å². The molecule has 0 fully saturated rings. The first-order valence-corrected chi connectivity index (χ1v) is 6.58. The van der Waals surface area contributed by atoms with Gasteiger partial charge in [-0.15, -0.1) is 0 Å². The van der Waals surface area contributed by atoms with Gasteiger partial charge in [-0.25, -0.2) is 0 Å². The third-order valence-corrected chi connectivity index (χ3v) is 3.32. The monoisotopic (exact) mass is 272 g/mol. The molecule has 1 aromatic carbocycles. The van der Waals surface area contributed by atoms with Gasteiger partial charge in [0.05, 0.1) is 6.42 Å². The molecule has 0 bridgehead atoms. The van der Waals surface area contributed by atoms with Gasteiger partial charge >= 0.3 is 0 Å². The molecule has 2 rings (SSSR count). The summed E-state index contributed by atoms with van der Waals surface area (Å²) in [4.78, 5) is 12.1. The Balaban J connectivity index is 2.06. The van der Waals surface area contributed by atoms with Crippen molar-refractivity contribution in [2.45, 2.75) is 26.8 Å². The lowest BCUT2D eigenvalue weighted by Crippen LogP contribution is -2.16. The second-order valence-corrected chi connectivity index (χ2v) is 5.02. The fourth-order valence-electron chi connectivity index (χ4n) is 2.07. The van der Waals surface area contributed by atoms with Gasteiger partial charge in [-0.2, -0.15) is 5.10 Å². The highest BCUT2D eigenvalue weighted by molar-refractivity contribution is 5.92. The summed E-state index contributed by atoms with van der Waals surface area (Å²) in [6.45, 7) is 4.45. The molecular weight excluding hydrogens is 252 g/mol. The molecule has 3 N–H and O–H groups in total. The molecule has 5 nitrogen and oxygen atoms in total. The summed E-state index contributed by atoms with van der Waals surface area (Å²) in [6, 6.07) is 6.05. The van der Waals surface area contributed by atoms with Crippen molar-refractivity contribution in [1.82, 2.24) is 9.78 Å². The number of aromatic nitrogens is 2. The maximum atomic E-state index is 12.1. The summed E-state index contributed by atoms with van der Waals surface area (Å²) >= 11 is 0. The van der Waals surface area contributed by atoms with Gasteiger partial charge in [0.2, 0.25) is 5.91 Å². The van der Waals surface area contributed by atoms with Crippen LogP contribution >= 0.6 is 0 Å². The Morgan fingerprint density at radius 1 is 1.35 bits per heavy atom. The number of nitrogens with zero attached hydrogens (tertiary/aromatic N) is 2. The van der Waals surface area contributed by atoms with Crippen LogP contribution in [0.5, 0.6) is 0 Å². The van der Waals surface area contributed by atoms with Gasteiger partial charge in [-0.3, -0.25) is 9.48 Å². The number of benzene rings is 1. The maximum absolute atomic E-state index is 12.1. The van der Waals surface area contributed by atoms with E-state index in [9.17, 15) is 4.79 Å². The van der Waals surface area contributed by atoms with Crippen molar-refractivity contribution in [3.05, 3.63) is 46.6 Å². The number of carbonyl (C=O) groups is 1. The minimum atomic E-state index is -0.0818. The van der Waals surface area contributed by atoms with E-state index in [1.165, 1.54) is 11.1 Å². The summed E-state index contributed by atoms with van der Waals surface area (Å²) in [5, 5.41) is 7.01. The second-order valence-electron chi connectivity index (χ2n) is 5.02. The zero-order valence-electron chi connectivity index (χ0n) is 12.1. The number of hydrogen-bond acceptors (Lipinski definition) is 3. The number of nitrogens with two attached hydrogens (primary N) is 1. The average Bonchev–Trinajstić information content (AvgIpc) is 2.74. The number of hydrogen-bond donors (Lipinski definition) is 2. The number of aryl methyl sites for hydroxylation is 3. The highest BCUT2D eigenvalue weighted by Crippen LogP contribution is 2.14. The molecule has 0 saturated carbocycles. The first-order chi connectivity index (χ1) is 9.49. The molecule has 106 valence electrons. The summed E-state index contributed by atoms with van der Waals surface area (Å²) in [5.41, 5.74) is 9.87. The van der Waals surface area contributed by atoms with Crippen LogP contribution in [0.25, 0.3) is 0 Å². The minimum Gasteiger partial charge on any atom is -0.326 e. The molecule has 0 aliphatic carbocycles. The van der Waals surface area contributed by atoms with E-state index in [-0.39, 0.29) is 5.91 Å². The van der Waals surface area contributed by atoms with E-state index in [0.717, 1.165) is 11.1 Å². The van der Waals surface area contributed by atoms with Crippen molar-refractivity contribution < 1.29 is 4.79 Å². The first-order valence-electron chi connectivity index (χ1n) is 6.58. The number of anilines is 1. The number of amides is 1. The Hall–Kier alpha value is -2.14. The van der Waals surface area contributed by atoms with Gasteiger partial charge in [0.1, 0.15) is 0 Å². The molecule has 0 spiro atoms. The van der Waals surface area contributed by atoms with Crippen molar-refractivity contribution >= 4 is 11.7 Å². The van der Waals surface area contributed by atoms with Gasteiger partial charge in [0, 0.05) is 25.4 Å². The fourth-order valence-corrected chi connectivity index (χ4v) is 2.07. The zero-order valence-corrected chi connectivity index (χ0v) is 12.1. The normalized spacial score (nSPS) is 10.6. The van der Waals surface area contributed by atoms with Crippen LogP contribution in [-0.4, -0.2) is 15.7 Å². The molecule has 0 saturated heterocycles. The summed E-state index contributed by atoms with van der Waals surface area (Å²) in [7, 11) is 1.80. The molecule has 0 unspecified atom stereocenters. The molecule has 0 radical (unpaired) electrons. The van der Waals surface area contributed by atoms with Gasteiger partial charge in [0.25, 0.3) is 0 Å². The minimum absolute atomic E-state index is 0.0818. The van der Waals surface area contributed by atoms with Crippen LogP contribution in [0.1, 0.15) is 22.3 Å². The van der Waals surface area contributed by atoms with Crippen LogP contribution in [0.15, 0.2) is 24.4 Å². The van der Waals surface area contributed by atoms with Gasteiger partial charge in [-0.1, -0.05) is 18.2 Å². The number of carbonyl (C=O) groups excluding carboxylic acids is 1. The number of nitrogens with one attached hydrogen (secondary N) is 1. The van der Waals surface area contributed by atoms with E-state index in [4.69, 9.17) is 5.73 Å². The van der Waals surface area contributed by atoms with E-state index in [1.54, 1.807) is 11.7 Å². The molecule has 0 aliphatic heterocycles. The van der Waals surface area contributed by atoms with Crippen molar-refractivity contribution in [3.63, 3.8) is 0 Å². The lowest BCUT2D eigenvalue weighted by molar-refractivity contribution is -0.115. The lowest BCUT2D eigenvalue weighted by atomic mass is 10.0. The molecule has 0 aliphatic rings. The molecule has 0 atom stereocenters. The Bertz CT molecular complexity index is 631. The SMILES string of the molecule is Cc1ccc(CC(=O)Nc2nn(C)cc2CN)cc1C. The Labute approximate surface area is 118 Å². The summed E-state index contributed by atoms with van der Waals surface area (Å²) in [5.74, 6) is 0.463. The van der Waals surface area contributed by atoms with Crippen molar-refractivity contribution in [2.24, 2.45) is 12.8 Å². The zero-order chi connectivity index (χ0) is 14.7. The van der Waals surface area contributed by atoms with Crippen LogP contribution in [0.4, 0.5) is 5.82 Å². The van der Waals surface area contributed by atoms with E-state index < -0.39 is 0 Å². The molecule has 1 aromatic heterocycles. The molecule has 1 heterocycles. The van der Waals surface area contributed by atoms with E-state index in [2.05, 4.69) is 17.3 Å². The molecular formula is C15H20N4O. The highest BCUT2D eigenvalue weighted by atomic mass is 16.1. The van der Waals surface area contributed by atoms with Gasteiger partial charge in [-0.05, 0) is 30.5 Å². The third-order valence-electron chi connectivity index (χ3n) is 3.32. The standard InChI is InChI=1S/C15H20N4O/c1-10-4-5-12(6-11(10)2)7-14(20)17-15-13(8-16)9-19(3)18-15/h4-6,9H,7-8,16H2,1-3H3,(H,17,18,20). The maximum Gasteiger partial charge on any atom is 0.230 e. The van der Waals surface area contributed by atoms with Crippen molar-refractivity contribution in [1.29, 1.82) is 0 Å². The summed E-state index contributed by atoms with van der Waals surface area (Å²) in [6.07, 6.45) is 2.15. The van der Waals surface area contributed by atoms with Crippen LogP contribution in [0, 0.1) is 13.8 Å². The van der Waals surface area contributed by atoms with E-state index in [0.29, 0.717) is 18.8 Å². The highest BCUT2D eigenvalue weighted by Gasteiger charge is 2.11. The third kappa shape index (κ3) is 3.24. The fraction of sp³-hybridized carbons (Fsp3) is 0.333. The number of rotatable bonds is 4. The van der Waals surface area contributed by atoms with Gasteiger partial charge < -0.3 is 11.1 Å². The molecule has 20 heavy (non-hydrogen) atoms. The average molecular weight is 272 g/mol. The predicted molar refractivity (Wildman–Crippen MR) is 79.3 cm³/mol. The van der Waals surface area contributed by atoms with Crippen molar-refractivity contribution in [2.75, 3.05) is 5.32 Å². The van der Waals surface area contributed by atoms with Crippen LogP contribution < -0.4 is 11.1 Å².